The Balaban J connectivity index is 2.24. The molecule has 0 bridgehead atoms. The molecular weight excluding hydrogens is 290 g/mol. The van der Waals surface area contributed by atoms with Crippen LogP contribution in [0.15, 0.2) is 29.3 Å². The van der Waals surface area contributed by atoms with Crippen LogP contribution in [0.3, 0.4) is 0 Å². The number of aromatic nitrogens is 3. The lowest BCUT2D eigenvalue weighted by molar-refractivity contribution is 0.0697. The van der Waals surface area contributed by atoms with E-state index in [4.69, 9.17) is 16.7 Å². The summed E-state index contributed by atoms with van der Waals surface area (Å²) in [4.78, 5) is 11.3. The van der Waals surface area contributed by atoms with Gasteiger partial charge >= 0.3 is 5.97 Å². The van der Waals surface area contributed by atoms with E-state index >= 15 is 0 Å². The summed E-state index contributed by atoms with van der Waals surface area (Å²) >= 11 is 5.75. The first-order valence-electron chi connectivity index (χ1n) is 5.24. The van der Waals surface area contributed by atoms with Crippen molar-refractivity contribution in [3.8, 4) is 0 Å². The van der Waals surface area contributed by atoms with Crippen molar-refractivity contribution >= 4 is 28.4 Å². The molecule has 0 fully saturated rings. The van der Waals surface area contributed by atoms with Gasteiger partial charge in [-0.05, 0) is 18.2 Å². The Hall–Kier alpha value is -1.73. The van der Waals surface area contributed by atoms with Gasteiger partial charge in [0.2, 0.25) is 0 Å². The maximum absolute atomic E-state index is 12.1. The highest BCUT2D eigenvalue weighted by molar-refractivity contribution is 7.84. The molecule has 0 saturated carbocycles. The number of aromatic carboxylic acids is 1. The average Bonchev–Trinajstić information content (AvgIpc) is 2.74. The first-order chi connectivity index (χ1) is 8.97. The van der Waals surface area contributed by atoms with Crippen molar-refractivity contribution in [3.05, 3.63) is 40.7 Å². The Labute approximate surface area is 116 Å². The number of rotatable bonds is 4. The maximum Gasteiger partial charge on any atom is 0.337 e. The molecule has 0 amide bonds. The zero-order valence-corrected chi connectivity index (χ0v) is 11.5. The van der Waals surface area contributed by atoms with E-state index in [0.29, 0.717) is 10.6 Å². The normalized spacial score (nSPS) is 12.3. The number of carboxylic acids is 1. The summed E-state index contributed by atoms with van der Waals surface area (Å²) in [7, 11) is 0.319. The third-order valence-corrected chi connectivity index (χ3v) is 4.03. The molecule has 1 unspecified atom stereocenters. The quantitative estimate of drug-likeness (QED) is 0.924. The molecule has 0 radical (unpaired) electrons. The first kappa shape index (κ1) is 13.7. The van der Waals surface area contributed by atoms with Gasteiger partial charge in [0, 0.05) is 18.1 Å². The molecular formula is C11H10ClN3O3S. The standard InChI is InChI=1S/C11H10ClN3O3S/c1-15-5-7(13-14-15)6-19(18)8-2-3-10(12)9(4-8)11(16)17/h2-5H,6H2,1H3,(H,16,17). The van der Waals surface area contributed by atoms with Gasteiger partial charge in [0.25, 0.3) is 0 Å². The summed E-state index contributed by atoms with van der Waals surface area (Å²) in [6.07, 6.45) is 1.66. The summed E-state index contributed by atoms with van der Waals surface area (Å²) in [5.74, 6) is -0.975. The molecule has 1 N–H and O–H groups in total. The van der Waals surface area contributed by atoms with Crippen molar-refractivity contribution in [2.24, 2.45) is 7.05 Å². The molecule has 1 heterocycles. The van der Waals surface area contributed by atoms with Crippen LogP contribution in [0.4, 0.5) is 0 Å². The van der Waals surface area contributed by atoms with E-state index in [2.05, 4.69) is 10.3 Å². The predicted molar refractivity (Wildman–Crippen MR) is 69.5 cm³/mol. The van der Waals surface area contributed by atoms with Crippen molar-refractivity contribution in [3.63, 3.8) is 0 Å². The van der Waals surface area contributed by atoms with E-state index in [1.54, 1.807) is 19.3 Å². The zero-order chi connectivity index (χ0) is 14.0. The second-order valence-corrected chi connectivity index (χ2v) is 5.68. The lowest BCUT2D eigenvalue weighted by Crippen LogP contribution is -2.02. The summed E-state index contributed by atoms with van der Waals surface area (Å²) < 4.78 is 13.6. The summed E-state index contributed by atoms with van der Waals surface area (Å²) in [6.45, 7) is 0. The van der Waals surface area contributed by atoms with Gasteiger partial charge in [0.1, 0.15) is 0 Å². The molecule has 0 aliphatic heterocycles. The fraction of sp³-hybridized carbons (Fsp3) is 0.182. The third-order valence-electron chi connectivity index (χ3n) is 2.36. The number of carboxylic acid groups (broad SMARTS) is 1. The number of hydrogen-bond donors (Lipinski definition) is 1. The van der Waals surface area contributed by atoms with Gasteiger partial charge < -0.3 is 5.11 Å². The van der Waals surface area contributed by atoms with Crippen LogP contribution in [0.1, 0.15) is 16.1 Å². The Bertz CT molecular complexity index is 656. The lowest BCUT2D eigenvalue weighted by Gasteiger charge is -2.03. The molecule has 8 heteroatoms. The number of hydrogen-bond acceptors (Lipinski definition) is 4. The minimum absolute atomic E-state index is 0.0633. The van der Waals surface area contributed by atoms with E-state index in [-0.39, 0.29) is 16.3 Å². The Morgan fingerprint density at radius 1 is 1.53 bits per heavy atom. The number of carbonyl (C=O) groups is 1. The topological polar surface area (TPSA) is 85.1 Å². The highest BCUT2D eigenvalue weighted by Crippen LogP contribution is 2.20. The van der Waals surface area contributed by atoms with Crippen LogP contribution < -0.4 is 0 Å². The maximum atomic E-state index is 12.1. The summed E-state index contributed by atoms with van der Waals surface area (Å²) in [5.41, 5.74) is 0.513. The van der Waals surface area contributed by atoms with Crippen LogP contribution in [0.2, 0.25) is 5.02 Å². The molecule has 0 spiro atoms. The molecule has 6 nitrogen and oxygen atoms in total. The molecule has 0 aliphatic carbocycles. The second kappa shape index (κ2) is 5.50. The van der Waals surface area contributed by atoms with Gasteiger partial charge in [-0.25, -0.2) is 4.79 Å². The number of aryl methyl sites for hydroxylation is 1. The molecule has 0 aliphatic rings. The summed E-state index contributed by atoms with van der Waals surface area (Å²) in [5, 5.41) is 16.6. The van der Waals surface area contributed by atoms with Crippen LogP contribution in [-0.4, -0.2) is 30.3 Å². The van der Waals surface area contributed by atoms with E-state index in [1.165, 1.54) is 16.8 Å². The van der Waals surface area contributed by atoms with Crippen molar-refractivity contribution in [1.29, 1.82) is 0 Å². The molecule has 1 aromatic heterocycles. The number of nitrogens with zero attached hydrogens (tertiary/aromatic N) is 3. The number of halogens is 1. The Kier molecular flexibility index (Phi) is 3.96. The van der Waals surface area contributed by atoms with Gasteiger partial charge in [0.15, 0.2) is 0 Å². The van der Waals surface area contributed by atoms with Crippen molar-refractivity contribution < 1.29 is 14.1 Å². The van der Waals surface area contributed by atoms with Crippen molar-refractivity contribution in [2.75, 3.05) is 0 Å². The minimum atomic E-state index is -1.39. The average molecular weight is 300 g/mol. The molecule has 0 saturated heterocycles. The van der Waals surface area contributed by atoms with Crippen LogP contribution >= 0.6 is 11.6 Å². The van der Waals surface area contributed by atoms with Gasteiger partial charge in [0.05, 0.1) is 32.8 Å². The highest BCUT2D eigenvalue weighted by atomic mass is 35.5. The molecule has 19 heavy (non-hydrogen) atoms. The summed E-state index contributed by atoms with van der Waals surface area (Å²) in [6, 6.07) is 4.29. The van der Waals surface area contributed by atoms with Gasteiger partial charge in [-0.1, -0.05) is 16.8 Å². The predicted octanol–water partition coefficient (Wildman–Crippen LogP) is 1.47. The van der Waals surface area contributed by atoms with Crippen LogP contribution in [-0.2, 0) is 23.6 Å². The zero-order valence-electron chi connectivity index (χ0n) is 9.91. The minimum Gasteiger partial charge on any atom is -0.478 e. The fourth-order valence-corrected chi connectivity index (χ4v) is 2.72. The van der Waals surface area contributed by atoms with E-state index in [0.717, 1.165) is 0 Å². The van der Waals surface area contributed by atoms with E-state index in [1.807, 2.05) is 0 Å². The first-order valence-corrected chi connectivity index (χ1v) is 6.93. The second-order valence-electron chi connectivity index (χ2n) is 3.82. The van der Waals surface area contributed by atoms with Gasteiger partial charge in [-0.3, -0.25) is 8.89 Å². The molecule has 1 atom stereocenters. The van der Waals surface area contributed by atoms with Crippen LogP contribution in [0, 0.1) is 0 Å². The van der Waals surface area contributed by atoms with Crippen LogP contribution in [0.25, 0.3) is 0 Å². The van der Waals surface area contributed by atoms with Gasteiger partial charge in [-0.2, -0.15) is 0 Å². The SMILES string of the molecule is Cn1cc(CS(=O)c2ccc(Cl)c(C(=O)O)c2)nn1. The Morgan fingerprint density at radius 2 is 2.26 bits per heavy atom. The van der Waals surface area contributed by atoms with Gasteiger partial charge in [-0.15, -0.1) is 5.10 Å². The molecule has 100 valence electrons. The van der Waals surface area contributed by atoms with E-state index < -0.39 is 16.8 Å². The smallest absolute Gasteiger partial charge is 0.337 e. The highest BCUT2D eigenvalue weighted by Gasteiger charge is 2.14. The van der Waals surface area contributed by atoms with Crippen molar-refractivity contribution in [1.82, 2.24) is 15.0 Å². The van der Waals surface area contributed by atoms with E-state index in [9.17, 15) is 9.00 Å². The molecule has 1 aromatic carbocycles. The van der Waals surface area contributed by atoms with Crippen molar-refractivity contribution in [2.45, 2.75) is 10.6 Å². The molecule has 2 rings (SSSR count). The third kappa shape index (κ3) is 3.18. The Morgan fingerprint density at radius 3 is 2.84 bits per heavy atom. The lowest BCUT2D eigenvalue weighted by atomic mass is 10.2. The molecule has 2 aromatic rings. The monoisotopic (exact) mass is 299 g/mol. The largest absolute Gasteiger partial charge is 0.478 e. The number of benzene rings is 1. The fourth-order valence-electron chi connectivity index (χ4n) is 1.49. The van der Waals surface area contributed by atoms with Crippen LogP contribution in [0.5, 0.6) is 0 Å².